The fraction of sp³-hybridized carbons (Fsp3) is 0.0625. The standard InChI is InChI=1S/C16H14O2/c1-18-16-12-14(10-11-15(16)17)9-5-8-13-6-3-2-4-7-13/h2-12H,1H3/b8-5+,14-9+. The summed E-state index contributed by atoms with van der Waals surface area (Å²) in [4.78, 5) is 11.3. The Balaban J connectivity index is 2.11. The number of ketones is 1. The van der Waals surface area contributed by atoms with E-state index in [0.29, 0.717) is 5.76 Å². The largest absolute Gasteiger partial charge is 0.493 e. The molecule has 0 heterocycles. The summed E-state index contributed by atoms with van der Waals surface area (Å²) in [6.07, 6.45) is 10.9. The van der Waals surface area contributed by atoms with Gasteiger partial charge in [0.25, 0.3) is 0 Å². The van der Waals surface area contributed by atoms with Gasteiger partial charge in [-0.15, -0.1) is 0 Å². The fourth-order valence-corrected chi connectivity index (χ4v) is 1.62. The first-order chi connectivity index (χ1) is 8.79. The molecule has 0 amide bonds. The number of allylic oxidation sites excluding steroid dienone is 6. The van der Waals surface area contributed by atoms with Crippen LogP contribution < -0.4 is 0 Å². The van der Waals surface area contributed by atoms with Crippen molar-refractivity contribution in [2.45, 2.75) is 0 Å². The third-order valence-electron chi connectivity index (χ3n) is 2.56. The van der Waals surface area contributed by atoms with E-state index in [9.17, 15) is 4.79 Å². The van der Waals surface area contributed by atoms with Crippen molar-refractivity contribution in [1.29, 1.82) is 0 Å². The Bertz CT molecular complexity index is 546. The van der Waals surface area contributed by atoms with Crippen LogP contribution in [0.25, 0.3) is 6.08 Å². The minimum absolute atomic E-state index is 0.0957. The van der Waals surface area contributed by atoms with E-state index in [0.717, 1.165) is 11.1 Å². The highest BCUT2D eigenvalue weighted by Gasteiger charge is 2.10. The van der Waals surface area contributed by atoms with Gasteiger partial charge in [-0.1, -0.05) is 54.6 Å². The molecule has 18 heavy (non-hydrogen) atoms. The molecule has 0 radical (unpaired) electrons. The second kappa shape index (κ2) is 5.82. The van der Waals surface area contributed by atoms with Crippen molar-refractivity contribution in [2.75, 3.05) is 7.11 Å². The Kier molecular flexibility index (Phi) is 3.92. The first-order valence-corrected chi connectivity index (χ1v) is 5.71. The topological polar surface area (TPSA) is 26.3 Å². The van der Waals surface area contributed by atoms with Gasteiger partial charge >= 0.3 is 0 Å². The highest BCUT2D eigenvalue weighted by molar-refractivity contribution is 6.04. The normalized spacial score (nSPS) is 17.3. The van der Waals surface area contributed by atoms with E-state index in [2.05, 4.69) is 0 Å². The lowest BCUT2D eigenvalue weighted by Gasteiger charge is -2.06. The summed E-state index contributed by atoms with van der Waals surface area (Å²) in [6.45, 7) is 0. The number of hydrogen-bond acceptors (Lipinski definition) is 2. The number of methoxy groups -OCH3 is 1. The fourth-order valence-electron chi connectivity index (χ4n) is 1.62. The average Bonchev–Trinajstić information content (AvgIpc) is 2.42. The monoisotopic (exact) mass is 238 g/mol. The van der Waals surface area contributed by atoms with Crippen LogP contribution in [-0.2, 0) is 9.53 Å². The Morgan fingerprint density at radius 3 is 2.61 bits per heavy atom. The maximum absolute atomic E-state index is 11.3. The van der Waals surface area contributed by atoms with Gasteiger partial charge in [0.05, 0.1) is 7.11 Å². The SMILES string of the molecule is COC1=C/C(=C/C=C/c2ccccc2)C=CC1=O. The molecule has 0 N–H and O–H groups in total. The number of benzene rings is 1. The summed E-state index contributed by atoms with van der Waals surface area (Å²) >= 11 is 0. The molecule has 2 rings (SSSR count). The lowest BCUT2D eigenvalue weighted by atomic mass is 10.1. The second-order valence-corrected chi connectivity index (χ2v) is 3.85. The Morgan fingerprint density at radius 1 is 1.11 bits per heavy atom. The maximum Gasteiger partial charge on any atom is 0.220 e. The molecule has 0 unspecified atom stereocenters. The van der Waals surface area contributed by atoms with Gasteiger partial charge in [0, 0.05) is 0 Å². The minimum Gasteiger partial charge on any atom is -0.493 e. The predicted octanol–water partition coefficient (Wildman–Crippen LogP) is 3.30. The molecule has 0 saturated carbocycles. The molecular weight excluding hydrogens is 224 g/mol. The third-order valence-corrected chi connectivity index (χ3v) is 2.56. The summed E-state index contributed by atoms with van der Waals surface area (Å²) in [5.74, 6) is 0.276. The highest BCUT2D eigenvalue weighted by Crippen LogP contribution is 2.13. The summed E-state index contributed by atoms with van der Waals surface area (Å²) in [5.41, 5.74) is 2.08. The Hall–Kier alpha value is -2.35. The first kappa shape index (κ1) is 12.1. The molecule has 1 aromatic carbocycles. The van der Waals surface area contributed by atoms with Crippen molar-refractivity contribution in [3.63, 3.8) is 0 Å². The molecule has 0 saturated heterocycles. The number of hydrogen-bond donors (Lipinski definition) is 0. The van der Waals surface area contributed by atoms with Crippen molar-refractivity contribution in [3.8, 4) is 0 Å². The number of rotatable bonds is 3. The van der Waals surface area contributed by atoms with Gasteiger partial charge in [0.15, 0.2) is 5.76 Å². The molecule has 2 nitrogen and oxygen atoms in total. The highest BCUT2D eigenvalue weighted by atomic mass is 16.5. The Labute approximate surface area is 107 Å². The molecule has 90 valence electrons. The van der Waals surface area contributed by atoms with Crippen molar-refractivity contribution >= 4 is 11.9 Å². The van der Waals surface area contributed by atoms with Crippen LogP contribution in [0.3, 0.4) is 0 Å². The second-order valence-electron chi connectivity index (χ2n) is 3.85. The zero-order valence-corrected chi connectivity index (χ0v) is 10.2. The van der Waals surface area contributed by atoms with Gasteiger partial charge in [-0.3, -0.25) is 4.79 Å². The molecule has 0 aromatic heterocycles. The van der Waals surface area contributed by atoms with Crippen LogP contribution in [0.15, 0.2) is 72.0 Å². The van der Waals surface area contributed by atoms with E-state index in [-0.39, 0.29) is 5.78 Å². The number of carbonyl (C=O) groups is 1. The van der Waals surface area contributed by atoms with Crippen LogP contribution in [0.5, 0.6) is 0 Å². The van der Waals surface area contributed by atoms with Crippen molar-refractivity contribution in [3.05, 3.63) is 77.6 Å². The molecule has 1 aromatic rings. The molecule has 0 bridgehead atoms. The first-order valence-electron chi connectivity index (χ1n) is 5.71. The van der Waals surface area contributed by atoms with Crippen LogP contribution in [0.4, 0.5) is 0 Å². The molecule has 0 fully saturated rings. The van der Waals surface area contributed by atoms with Crippen LogP contribution in [-0.4, -0.2) is 12.9 Å². The van der Waals surface area contributed by atoms with Crippen molar-refractivity contribution in [2.24, 2.45) is 0 Å². The maximum atomic E-state index is 11.3. The lowest BCUT2D eigenvalue weighted by molar-refractivity contribution is -0.114. The summed E-state index contributed by atoms with van der Waals surface area (Å²) in [5, 5.41) is 0. The predicted molar refractivity (Wildman–Crippen MR) is 72.8 cm³/mol. The molecule has 0 atom stereocenters. The van der Waals surface area contributed by atoms with E-state index in [4.69, 9.17) is 4.74 Å². The zero-order valence-electron chi connectivity index (χ0n) is 10.2. The molecular formula is C16H14O2. The average molecular weight is 238 g/mol. The van der Waals surface area contributed by atoms with Gasteiger partial charge in [-0.2, -0.15) is 0 Å². The van der Waals surface area contributed by atoms with E-state index < -0.39 is 0 Å². The van der Waals surface area contributed by atoms with E-state index in [1.165, 1.54) is 13.2 Å². The third kappa shape index (κ3) is 3.08. The van der Waals surface area contributed by atoms with Gasteiger partial charge < -0.3 is 4.74 Å². The molecule has 0 aliphatic heterocycles. The smallest absolute Gasteiger partial charge is 0.220 e. The molecule has 2 heteroatoms. The van der Waals surface area contributed by atoms with Crippen molar-refractivity contribution in [1.82, 2.24) is 0 Å². The van der Waals surface area contributed by atoms with E-state index >= 15 is 0 Å². The quantitative estimate of drug-likeness (QED) is 0.807. The zero-order chi connectivity index (χ0) is 12.8. The molecule has 1 aliphatic carbocycles. The van der Waals surface area contributed by atoms with Crippen LogP contribution in [0, 0.1) is 0 Å². The van der Waals surface area contributed by atoms with Crippen LogP contribution in [0.2, 0.25) is 0 Å². The summed E-state index contributed by atoms with van der Waals surface area (Å²) in [6, 6.07) is 10.0. The summed E-state index contributed by atoms with van der Waals surface area (Å²) in [7, 11) is 1.50. The number of ether oxygens (including phenoxy) is 1. The van der Waals surface area contributed by atoms with Crippen LogP contribution in [0.1, 0.15) is 5.56 Å². The van der Waals surface area contributed by atoms with Gasteiger partial charge in [-0.25, -0.2) is 0 Å². The van der Waals surface area contributed by atoms with E-state index in [1.54, 1.807) is 12.2 Å². The lowest BCUT2D eigenvalue weighted by Crippen LogP contribution is -2.04. The molecule has 1 aliphatic rings. The van der Waals surface area contributed by atoms with Gasteiger partial charge in [0.1, 0.15) is 0 Å². The van der Waals surface area contributed by atoms with Gasteiger partial charge in [-0.05, 0) is 23.3 Å². The minimum atomic E-state index is -0.0957. The number of carbonyl (C=O) groups excluding carboxylic acids is 1. The van der Waals surface area contributed by atoms with E-state index in [1.807, 2.05) is 48.6 Å². The van der Waals surface area contributed by atoms with Crippen molar-refractivity contribution < 1.29 is 9.53 Å². The summed E-state index contributed by atoms with van der Waals surface area (Å²) < 4.78 is 4.99. The van der Waals surface area contributed by atoms with Crippen LogP contribution >= 0.6 is 0 Å². The Morgan fingerprint density at radius 2 is 1.89 bits per heavy atom. The molecule has 0 spiro atoms. The van der Waals surface area contributed by atoms with Gasteiger partial charge in [0.2, 0.25) is 5.78 Å².